The first-order chi connectivity index (χ1) is 10.2. The standard InChI is InChI=1S/C17H22N2O2/c20-14-9-11-3-1-2-4-12(11)15(14)19-16(21)13-10-17(13)5-7-18-8-6-17/h1-4,13-15,18,20H,5-10H2,(H,19,21)/t13?,14-,15+/m1/s1. The number of hydrogen-bond donors (Lipinski definition) is 3. The van der Waals surface area contributed by atoms with Crippen molar-refractivity contribution in [2.24, 2.45) is 11.3 Å². The van der Waals surface area contributed by atoms with E-state index in [1.165, 1.54) is 0 Å². The number of hydrogen-bond acceptors (Lipinski definition) is 3. The molecule has 3 aliphatic rings. The first-order valence-corrected chi connectivity index (χ1v) is 7.97. The third kappa shape index (κ3) is 2.17. The Morgan fingerprint density at radius 3 is 2.86 bits per heavy atom. The molecule has 3 N–H and O–H groups in total. The Morgan fingerprint density at radius 2 is 2.05 bits per heavy atom. The van der Waals surface area contributed by atoms with Gasteiger partial charge >= 0.3 is 0 Å². The highest BCUT2D eigenvalue weighted by Gasteiger charge is 2.58. The number of piperidine rings is 1. The molecule has 1 aromatic rings. The summed E-state index contributed by atoms with van der Waals surface area (Å²) in [7, 11) is 0. The molecule has 2 fully saturated rings. The van der Waals surface area contributed by atoms with E-state index in [0.717, 1.165) is 43.5 Å². The predicted octanol–water partition coefficient (Wildman–Crippen LogP) is 1.15. The second-order valence-corrected chi connectivity index (χ2v) is 6.83. The first kappa shape index (κ1) is 13.3. The Morgan fingerprint density at radius 1 is 1.29 bits per heavy atom. The number of nitrogens with one attached hydrogen (secondary N) is 2. The number of fused-ring (bicyclic) bond motifs is 1. The molecule has 1 saturated carbocycles. The average Bonchev–Trinajstić information content (AvgIpc) is 3.09. The lowest BCUT2D eigenvalue weighted by Gasteiger charge is -2.24. The van der Waals surface area contributed by atoms with E-state index in [1.807, 2.05) is 24.3 Å². The lowest BCUT2D eigenvalue weighted by Crippen LogP contribution is -2.37. The van der Waals surface area contributed by atoms with E-state index in [0.29, 0.717) is 6.42 Å². The van der Waals surface area contributed by atoms with E-state index in [2.05, 4.69) is 10.6 Å². The molecular formula is C17H22N2O2. The van der Waals surface area contributed by atoms with Gasteiger partial charge in [-0.3, -0.25) is 4.79 Å². The van der Waals surface area contributed by atoms with E-state index < -0.39 is 6.10 Å². The zero-order valence-corrected chi connectivity index (χ0v) is 12.1. The van der Waals surface area contributed by atoms with E-state index >= 15 is 0 Å². The molecule has 1 aliphatic heterocycles. The molecule has 0 aromatic heterocycles. The van der Waals surface area contributed by atoms with Crippen LogP contribution in [-0.2, 0) is 11.2 Å². The van der Waals surface area contributed by atoms with Gasteiger partial charge in [-0.05, 0) is 48.9 Å². The van der Waals surface area contributed by atoms with Crippen LogP contribution in [0.15, 0.2) is 24.3 Å². The summed E-state index contributed by atoms with van der Waals surface area (Å²) in [5, 5.41) is 16.7. The van der Waals surface area contributed by atoms with Crippen LogP contribution >= 0.6 is 0 Å². The van der Waals surface area contributed by atoms with Crippen LogP contribution in [0.5, 0.6) is 0 Å². The quantitative estimate of drug-likeness (QED) is 0.764. The van der Waals surface area contributed by atoms with Gasteiger partial charge in [0.25, 0.3) is 0 Å². The van der Waals surface area contributed by atoms with Crippen molar-refractivity contribution < 1.29 is 9.90 Å². The monoisotopic (exact) mass is 286 g/mol. The Labute approximate surface area is 124 Å². The Kier molecular flexibility index (Phi) is 3.05. The average molecular weight is 286 g/mol. The summed E-state index contributed by atoms with van der Waals surface area (Å²) in [5.74, 6) is 0.289. The molecule has 1 aromatic carbocycles. The lowest BCUT2D eigenvalue weighted by molar-refractivity contribution is -0.124. The van der Waals surface area contributed by atoms with Crippen LogP contribution < -0.4 is 10.6 Å². The lowest BCUT2D eigenvalue weighted by atomic mass is 9.91. The molecule has 4 nitrogen and oxygen atoms in total. The minimum absolute atomic E-state index is 0.137. The van der Waals surface area contributed by atoms with E-state index in [9.17, 15) is 9.90 Å². The number of carbonyl (C=O) groups is 1. The predicted molar refractivity (Wildman–Crippen MR) is 79.7 cm³/mol. The van der Waals surface area contributed by atoms with Crippen LogP contribution in [0.2, 0.25) is 0 Å². The van der Waals surface area contributed by atoms with Crippen molar-refractivity contribution in [3.8, 4) is 0 Å². The van der Waals surface area contributed by atoms with Crippen molar-refractivity contribution >= 4 is 5.91 Å². The molecule has 112 valence electrons. The molecule has 0 radical (unpaired) electrons. The van der Waals surface area contributed by atoms with Crippen molar-refractivity contribution in [1.29, 1.82) is 0 Å². The van der Waals surface area contributed by atoms with Gasteiger partial charge in [0, 0.05) is 12.3 Å². The second-order valence-electron chi connectivity index (χ2n) is 6.83. The molecule has 1 heterocycles. The van der Waals surface area contributed by atoms with Gasteiger partial charge in [0.2, 0.25) is 5.91 Å². The molecule has 21 heavy (non-hydrogen) atoms. The molecule has 1 spiro atoms. The van der Waals surface area contributed by atoms with Crippen LogP contribution in [0.3, 0.4) is 0 Å². The van der Waals surface area contributed by atoms with Gasteiger partial charge in [-0.15, -0.1) is 0 Å². The molecule has 2 aliphatic carbocycles. The first-order valence-electron chi connectivity index (χ1n) is 7.97. The summed E-state index contributed by atoms with van der Waals surface area (Å²) >= 11 is 0. The fraction of sp³-hybridized carbons (Fsp3) is 0.588. The molecule has 0 bridgehead atoms. The van der Waals surface area contributed by atoms with Gasteiger partial charge in [-0.2, -0.15) is 0 Å². The maximum absolute atomic E-state index is 12.5. The minimum Gasteiger partial charge on any atom is -0.390 e. The van der Waals surface area contributed by atoms with Gasteiger partial charge in [0.05, 0.1) is 12.1 Å². The highest BCUT2D eigenvalue weighted by Crippen LogP contribution is 2.58. The molecule has 4 heteroatoms. The largest absolute Gasteiger partial charge is 0.390 e. The van der Waals surface area contributed by atoms with Crippen molar-refractivity contribution in [1.82, 2.24) is 10.6 Å². The zero-order chi connectivity index (χ0) is 14.4. The highest BCUT2D eigenvalue weighted by molar-refractivity contribution is 5.83. The maximum Gasteiger partial charge on any atom is 0.224 e. The van der Waals surface area contributed by atoms with Crippen LogP contribution in [0.25, 0.3) is 0 Å². The minimum atomic E-state index is -0.492. The fourth-order valence-electron chi connectivity index (χ4n) is 4.20. The van der Waals surface area contributed by atoms with Crippen LogP contribution in [0.4, 0.5) is 0 Å². The summed E-state index contributed by atoms with van der Waals surface area (Å²) in [6, 6.07) is 7.79. The number of rotatable bonds is 2. The fourth-order valence-corrected chi connectivity index (χ4v) is 4.20. The van der Waals surface area contributed by atoms with Gasteiger partial charge in [0.1, 0.15) is 0 Å². The molecule has 3 atom stereocenters. The van der Waals surface area contributed by atoms with Crippen molar-refractivity contribution in [3.63, 3.8) is 0 Å². The summed E-state index contributed by atoms with van der Waals surface area (Å²) in [6.07, 6.45) is 3.38. The Balaban J connectivity index is 1.46. The molecule has 1 saturated heterocycles. The number of aliphatic hydroxyl groups is 1. The maximum atomic E-state index is 12.5. The van der Waals surface area contributed by atoms with E-state index in [1.54, 1.807) is 0 Å². The van der Waals surface area contributed by atoms with Gasteiger partial charge < -0.3 is 15.7 Å². The van der Waals surface area contributed by atoms with Crippen molar-refractivity contribution in [3.05, 3.63) is 35.4 Å². The van der Waals surface area contributed by atoms with Crippen LogP contribution in [0.1, 0.15) is 36.4 Å². The SMILES string of the molecule is O=C(N[C@H]1c2ccccc2C[C@H]1O)C1CC12CCNCC2. The van der Waals surface area contributed by atoms with E-state index in [4.69, 9.17) is 0 Å². The molecule has 4 rings (SSSR count). The number of amides is 1. The molecular weight excluding hydrogens is 264 g/mol. The van der Waals surface area contributed by atoms with Crippen LogP contribution in [-0.4, -0.2) is 30.2 Å². The third-order valence-electron chi connectivity index (χ3n) is 5.61. The van der Waals surface area contributed by atoms with E-state index in [-0.39, 0.29) is 23.3 Å². The summed E-state index contributed by atoms with van der Waals surface area (Å²) in [5.41, 5.74) is 2.49. The zero-order valence-electron chi connectivity index (χ0n) is 12.1. The number of aliphatic hydroxyl groups excluding tert-OH is 1. The number of benzene rings is 1. The summed E-state index contributed by atoms with van der Waals surface area (Å²) in [6.45, 7) is 2.05. The Hall–Kier alpha value is -1.39. The van der Waals surface area contributed by atoms with Gasteiger partial charge in [-0.25, -0.2) is 0 Å². The smallest absolute Gasteiger partial charge is 0.224 e. The molecule has 1 amide bonds. The summed E-state index contributed by atoms with van der Waals surface area (Å²) in [4.78, 5) is 12.5. The third-order valence-corrected chi connectivity index (χ3v) is 5.61. The van der Waals surface area contributed by atoms with Crippen molar-refractivity contribution in [2.45, 2.75) is 37.8 Å². The highest BCUT2D eigenvalue weighted by atomic mass is 16.3. The van der Waals surface area contributed by atoms with Crippen molar-refractivity contribution in [2.75, 3.05) is 13.1 Å². The second kappa shape index (κ2) is 4.82. The van der Waals surface area contributed by atoms with Gasteiger partial charge in [0.15, 0.2) is 0 Å². The Bertz CT molecular complexity index is 566. The molecule has 1 unspecified atom stereocenters. The van der Waals surface area contributed by atoms with Crippen LogP contribution in [0, 0.1) is 11.3 Å². The summed E-state index contributed by atoms with van der Waals surface area (Å²) < 4.78 is 0. The normalized spacial score (nSPS) is 32.7. The number of carbonyl (C=O) groups excluding carboxylic acids is 1. The van der Waals surface area contributed by atoms with Gasteiger partial charge in [-0.1, -0.05) is 24.3 Å². The topological polar surface area (TPSA) is 61.4 Å².